The van der Waals surface area contributed by atoms with Crippen molar-refractivity contribution in [2.45, 2.75) is 52.4 Å². The molecule has 0 aromatic heterocycles. The van der Waals surface area contributed by atoms with Gasteiger partial charge in [-0.3, -0.25) is 0 Å². The fourth-order valence-corrected chi connectivity index (χ4v) is 1.75. The van der Waals surface area contributed by atoms with Crippen molar-refractivity contribution in [1.82, 2.24) is 0 Å². The van der Waals surface area contributed by atoms with Crippen molar-refractivity contribution in [2.75, 3.05) is 0 Å². The Labute approximate surface area is 128 Å². The van der Waals surface area contributed by atoms with Crippen LogP contribution in [0.25, 0.3) is 0 Å². The third-order valence-corrected chi connectivity index (χ3v) is 3.06. The zero-order valence-electron chi connectivity index (χ0n) is 12.9. The first-order chi connectivity index (χ1) is 8.21. The van der Waals surface area contributed by atoms with Gasteiger partial charge in [-0.2, -0.15) is 35.4 Å². The second-order valence-corrected chi connectivity index (χ2v) is 6.85. The molecule has 2 rings (SSSR count). The van der Waals surface area contributed by atoms with Crippen LogP contribution in [0.1, 0.15) is 52.7 Å². The standard InChI is InChI=1S/2C9H13.Ni/c2*1-9(2,3)8-6-4-5-7-8;/h2*4-7H,1-3H3;/q2*-1;+2. The zero-order valence-corrected chi connectivity index (χ0v) is 13.9. The Hall–Kier alpha value is -0.806. The molecule has 2 aromatic carbocycles. The van der Waals surface area contributed by atoms with Crippen molar-refractivity contribution in [2.24, 2.45) is 0 Å². The van der Waals surface area contributed by atoms with E-state index in [2.05, 4.69) is 90.1 Å². The molecule has 19 heavy (non-hydrogen) atoms. The summed E-state index contributed by atoms with van der Waals surface area (Å²) < 4.78 is 0. The first-order valence-corrected chi connectivity index (χ1v) is 6.65. The monoisotopic (exact) mass is 300 g/mol. The van der Waals surface area contributed by atoms with E-state index in [1.54, 1.807) is 0 Å². The maximum absolute atomic E-state index is 2.22. The molecule has 0 unspecified atom stereocenters. The Morgan fingerprint density at radius 2 is 1.00 bits per heavy atom. The van der Waals surface area contributed by atoms with Crippen LogP contribution in [0.5, 0.6) is 0 Å². The SMILES string of the molecule is CC(C)(C)c1ccc[cH-]1.CC(C)(C)c1ccc[cH-]1.[Ni+2]. The summed E-state index contributed by atoms with van der Waals surface area (Å²) >= 11 is 0. The first kappa shape index (κ1) is 18.2. The molecular weight excluding hydrogens is 275 g/mol. The number of hydrogen-bond acceptors (Lipinski definition) is 0. The molecule has 0 spiro atoms. The van der Waals surface area contributed by atoms with Crippen molar-refractivity contribution in [3.63, 3.8) is 0 Å². The Kier molecular flexibility index (Phi) is 6.80. The van der Waals surface area contributed by atoms with Gasteiger partial charge in [-0.05, 0) is 10.8 Å². The van der Waals surface area contributed by atoms with Gasteiger partial charge in [0.25, 0.3) is 0 Å². The van der Waals surface area contributed by atoms with E-state index in [0.29, 0.717) is 10.8 Å². The van der Waals surface area contributed by atoms with Crippen molar-refractivity contribution >= 4 is 0 Å². The molecule has 0 atom stereocenters. The molecular formula is C18H26Ni. The molecule has 0 heterocycles. The fourth-order valence-electron chi connectivity index (χ4n) is 1.75. The Morgan fingerprint density at radius 1 is 0.684 bits per heavy atom. The maximum atomic E-state index is 2.22. The Bertz CT molecular complexity index is 375. The molecule has 0 aliphatic carbocycles. The van der Waals surface area contributed by atoms with Crippen LogP contribution in [0.4, 0.5) is 0 Å². The van der Waals surface area contributed by atoms with Crippen LogP contribution < -0.4 is 0 Å². The number of rotatable bonds is 0. The smallest absolute Gasteiger partial charge is 0.213 e. The quantitative estimate of drug-likeness (QED) is 0.451. The van der Waals surface area contributed by atoms with E-state index < -0.39 is 0 Å². The van der Waals surface area contributed by atoms with Gasteiger partial charge < -0.3 is 0 Å². The maximum Gasteiger partial charge on any atom is 2.00 e. The van der Waals surface area contributed by atoms with E-state index in [-0.39, 0.29) is 16.5 Å². The Balaban J connectivity index is 0.000000324. The van der Waals surface area contributed by atoms with Crippen LogP contribution in [0, 0.1) is 0 Å². The molecule has 0 saturated heterocycles. The summed E-state index contributed by atoms with van der Waals surface area (Å²) in [6, 6.07) is 17.0. The second kappa shape index (κ2) is 7.10. The van der Waals surface area contributed by atoms with Crippen LogP contribution in [0.2, 0.25) is 0 Å². The third kappa shape index (κ3) is 6.25. The van der Waals surface area contributed by atoms with Crippen LogP contribution >= 0.6 is 0 Å². The molecule has 0 radical (unpaired) electrons. The predicted molar refractivity (Wildman–Crippen MR) is 81.5 cm³/mol. The summed E-state index contributed by atoms with van der Waals surface area (Å²) in [4.78, 5) is 0. The molecule has 2 aromatic rings. The zero-order chi connectivity index (χ0) is 13.8. The normalized spacial score (nSPS) is 11.3. The van der Waals surface area contributed by atoms with E-state index >= 15 is 0 Å². The van der Waals surface area contributed by atoms with Gasteiger partial charge in [0, 0.05) is 0 Å². The van der Waals surface area contributed by atoms with Gasteiger partial charge in [-0.15, -0.1) is 0 Å². The summed E-state index contributed by atoms with van der Waals surface area (Å²) in [6.07, 6.45) is 0. The average molecular weight is 301 g/mol. The summed E-state index contributed by atoms with van der Waals surface area (Å²) in [5.74, 6) is 0. The number of hydrogen-bond donors (Lipinski definition) is 0. The molecule has 0 saturated carbocycles. The van der Waals surface area contributed by atoms with Gasteiger partial charge in [0.2, 0.25) is 0 Å². The van der Waals surface area contributed by atoms with Crippen LogP contribution in [0.15, 0.2) is 48.5 Å². The summed E-state index contributed by atoms with van der Waals surface area (Å²) in [6.45, 7) is 13.3. The first-order valence-electron chi connectivity index (χ1n) is 6.65. The topological polar surface area (TPSA) is 0 Å². The second-order valence-electron chi connectivity index (χ2n) is 6.85. The van der Waals surface area contributed by atoms with E-state index in [4.69, 9.17) is 0 Å². The molecule has 0 bridgehead atoms. The molecule has 108 valence electrons. The molecule has 0 amide bonds. The van der Waals surface area contributed by atoms with E-state index in [9.17, 15) is 0 Å². The van der Waals surface area contributed by atoms with Gasteiger partial charge in [-0.25, -0.2) is 24.3 Å². The third-order valence-electron chi connectivity index (χ3n) is 3.06. The molecule has 0 nitrogen and oxygen atoms in total. The van der Waals surface area contributed by atoms with Gasteiger partial charge in [0.1, 0.15) is 0 Å². The van der Waals surface area contributed by atoms with Crippen LogP contribution in [-0.4, -0.2) is 0 Å². The predicted octanol–water partition coefficient (Wildman–Crippen LogP) is 5.40. The van der Waals surface area contributed by atoms with Crippen molar-refractivity contribution in [3.05, 3.63) is 59.7 Å². The van der Waals surface area contributed by atoms with Crippen molar-refractivity contribution < 1.29 is 16.5 Å². The minimum atomic E-state index is 0. The minimum absolute atomic E-state index is 0. The fraction of sp³-hybridized carbons (Fsp3) is 0.444. The average Bonchev–Trinajstić information content (AvgIpc) is 2.91. The summed E-state index contributed by atoms with van der Waals surface area (Å²) in [5, 5.41) is 0. The molecule has 1 heteroatoms. The van der Waals surface area contributed by atoms with Crippen LogP contribution in [0.3, 0.4) is 0 Å². The van der Waals surface area contributed by atoms with Crippen molar-refractivity contribution in [1.29, 1.82) is 0 Å². The summed E-state index contributed by atoms with van der Waals surface area (Å²) in [7, 11) is 0. The van der Waals surface area contributed by atoms with Gasteiger partial charge in [0.15, 0.2) is 0 Å². The van der Waals surface area contributed by atoms with Crippen LogP contribution in [-0.2, 0) is 27.3 Å². The largest absolute Gasteiger partial charge is 2.00 e. The molecule has 0 fully saturated rings. The minimum Gasteiger partial charge on any atom is -0.213 e. The van der Waals surface area contributed by atoms with Crippen molar-refractivity contribution in [3.8, 4) is 0 Å². The van der Waals surface area contributed by atoms with Gasteiger partial charge in [0.05, 0.1) is 0 Å². The molecule has 0 N–H and O–H groups in total. The Morgan fingerprint density at radius 3 is 1.11 bits per heavy atom. The van der Waals surface area contributed by atoms with Gasteiger partial charge in [-0.1, -0.05) is 41.5 Å². The molecule has 0 aliphatic heterocycles. The van der Waals surface area contributed by atoms with Gasteiger partial charge >= 0.3 is 16.5 Å². The van der Waals surface area contributed by atoms with E-state index in [1.165, 1.54) is 11.1 Å². The van der Waals surface area contributed by atoms with E-state index in [0.717, 1.165) is 0 Å². The van der Waals surface area contributed by atoms with E-state index in [1.807, 2.05) is 0 Å². The molecule has 0 aliphatic rings. The summed E-state index contributed by atoms with van der Waals surface area (Å²) in [5.41, 5.74) is 3.48.